The molecule has 0 aliphatic carbocycles. The number of phenols is 1. The molecule has 0 bridgehead atoms. The summed E-state index contributed by atoms with van der Waals surface area (Å²) in [6.07, 6.45) is 0. The summed E-state index contributed by atoms with van der Waals surface area (Å²) >= 11 is 0. The summed E-state index contributed by atoms with van der Waals surface area (Å²) in [7, 11) is 3.01. The van der Waals surface area contributed by atoms with E-state index in [0.717, 1.165) is 5.56 Å². The van der Waals surface area contributed by atoms with Gasteiger partial charge in [-0.05, 0) is 36.4 Å². The van der Waals surface area contributed by atoms with E-state index in [9.17, 15) is 9.59 Å². The van der Waals surface area contributed by atoms with Crippen LogP contribution < -0.4 is 19.6 Å². The topological polar surface area (TPSA) is 95.2 Å². The second-order valence-corrected chi connectivity index (χ2v) is 6.58. The van der Waals surface area contributed by atoms with Crippen LogP contribution in [0.2, 0.25) is 0 Å². The van der Waals surface area contributed by atoms with Crippen LogP contribution in [-0.2, 0) is 4.79 Å². The van der Waals surface area contributed by atoms with E-state index in [1.165, 1.54) is 38.3 Å². The minimum Gasteiger partial charge on any atom is -0.508 e. The molecule has 3 aromatic carbocycles. The lowest BCUT2D eigenvalue weighted by Gasteiger charge is -2.10. The number of esters is 1. The highest BCUT2D eigenvalue weighted by atomic mass is 16.5. The van der Waals surface area contributed by atoms with E-state index in [0.29, 0.717) is 28.2 Å². The van der Waals surface area contributed by atoms with E-state index in [-0.39, 0.29) is 22.9 Å². The zero-order valence-corrected chi connectivity index (χ0v) is 17.8. The van der Waals surface area contributed by atoms with E-state index >= 15 is 0 Å². The van der Waals surface area contributed by atoms with Gasteiger partial charge in [-0.3, -0.25) is 9.59 Å². The molecule has 0 spiro atoms. The Morgan fingerprint density at radius 2 is 1.56 bits per heavy atom. The molecule has 0 unspecified atom stereocenters. The molecule has 32 heavy (non-hydrogen) atoms. The lowest BCUT2D eigenvalue weighted by atomic mass is 10.1. The van der Waals surface area contributed by atoms with Gasteiger partial charge in [0.2, 0.25) is 11.2 Å². The molecule has 7 heteroatoms. The highest BCUT2D eigenvalue weighted by molar-refractivity contribution is 5.86. The summed E-state index contributed by atoms with van der Waals surface area (Å²) in [5.41, 5.74) is 0.986. The fourth-order valence-corrected chi connectivity index (χ4v) is 2.98. The van der Waals surface area contributed by atoms with Crippen molar-refractivity contribution in [2.45, 2.75) is 6.92 Å². The maximum Gasteiger partial charge on any atom is 0.308 e. The van der Waals surface area contributed by atoms with Crippen molar-refractivity contribution in [1.82, 2.24) is 0 Å². The van der Waals surface area contributed by atoms with Crippen molar-refractivity contribution in [2.75, 3.05) is 14.2 Å². The van der Waals surface area contributed by atoms with E-state index < -0.39 is 0 Å². The Kier molecular flexibility index (Phi) is 7.13. The highest BCUT2D eigenvalue weighted by Gasteiger charge is 2.18. The van der Waals surface area contributed by atoms with Crippen molar-refractivity contribution < 1.29 is 28.5 Å². The van der Waals surface area contributed by atoms with Crippen LogP contribution in [0.4, 0.5) is 0 Å². The average Bonchev–Trinajstić information content (AvgIpc) is 2.81. The van der Waals surface area contributed by atoms with Gasteiger partial charge in [-0.1, -0.05) is 36.4 Å². The van der Waals surface area contributed by atoms with Crippen LogP contribution in [0.1, 0.15) is 6.92 Å². The zero-order valence-electron chi connectivity index (χ0n) is 17.8. The van der Waals surface area contributed by atoms with Gasteiger partial charge in [0.15, 0.2) is 17.1 Å². The Balaban J connectivity index is 0.000000222. The molecule has 0 atom stereocenters. The SMILES string of the molecule is CC(=O)Oc1ccc(O)cc1.COc1c(-c2ccccc2)oc2c(OC)cccc2c1=O. The van der Waals surface area contributed by atoms with E-state index in [2.05, 4.69) is 0 Å². The van der Waals surface area contributed by atoms with Crippen LogP contribution >= 0.6 is 0 Å². The van der Waals surface area contributed by atoms with Crippen LogP contribution in [0.5, 0.6) is 23.0 Å². The molecule has 1 aromatic heterocycles. The van der Waals surface area contributed by atoms with Crippen molar-refractivity contribution in [1.29, 1.82) is 0 Å². The molecular weight excluding hydrogens is 412 g/mol. The minimum atomic E-state index is -0.365. The van der Waals surface area contributed by atoms with Gasteiger partial charge in [0.05, 0.1) is 19.6 Å². The lowest BCUT2D eigenvalue weighted by Crippen LogP contribution is -2.08. The van der Waals surface area contributed by atoms with E-state index in [1.54, 1.807) is 25.3 Å². The van der Waals surface area contributed by atoms with Crippen LogP contribution in [0.25, 0.3) is 22.3 Å². The third kappa shape index (κ3) is 5.07. The van der Waals surface area contributed by atoms with Gasteiger partial charge in [-0.15, -0.1) is 0 Å². The molecule has 1 N–H and O–H groups in total. The molecule has 0 fully saturated rings. The minimum absolute atomic E-state index is 0.154. The Morgan fingerprint density at radius 3 is 2.16 bits per heavy atom. The van der Waals surface area contributed by atoms with Crippen molar-refractivity contribution >= 4 is 16.9 Å². The number of ether oxygens (including phenoxy) is 3. The van der Waals surface area contributed by atoms with Crippen LogP contribution in [0, 0.1) is 0 Å². The van der Waals surface area contributed by atoms with Gasteiger partial charge in [0, 0.05) is 12.5 Å². The Labute approximate surface area is 184 Å². The monoisotopic (exact) mass is 434 g/mol. The molecule has 4 aromatic rings. The molecule has 0 amide bonds. The molecule has 0 aliphatic heterocycles. The number of hydrogen-bond donors (Lipinski definition) is 1. The van der Waals surface area contributed by atoms with Gasteiger partial charge in [-0.2, -0.15) is 0 Å². The Hall–Kier alpha value is -4.26. The van der Waals surface area contributed by atoms with E-state index in [4.69, 9.17) is 23.7 Å². The second-order valence-electron chi connectivity index (χ2n) is 6.58. The number of carbonyl (C=O) groups is 1. The third-order valence-electron chi connectivity index (χ3n) is 4.40. The van der Waals surface area contributed by atoms with Crippen LogP contribution in [-0.4, -0.2) is 25.3 Å². The first-order valence-corrected chi connectivity index (χ1v) is 9.65. The van der Waals surface area contributed by atoms with Gasteiger partial charge >= 0.3 is 5.97 Å². The number of benzene rings is 3. The van der Waals surface area contributed by atoms with Crippen LogP contribution in [0.3, 0.4) is 0 Å². The fourth-order valence-electron chi connectivity index (χ4n) is 2.98. The molecule has 0 saturated carbocycles. The molecule has 164 valence electrons. The van der Waals surface area contributed by atoms with E-state index in [1.807, 2.05) is 30.3 Å². The maximum atomic E-state index is 12.6. The fraction of sp³-hybridized carbons (Fsp3) is 0.120. The smallest absolute Gasteiger partial charge is 0.308 e. The number of para-hydroxylation sites is 1. The normalized spacial score (nSPS) is 10.1. The molecular formula is C25H22O7. The first kappa shape index (κ1) is 22.4. The largest absolute Gasteiger partial charge is 0.508 e. The maximum absolute atomic E-state index is 12.6. The number of methoxy groups -OCH3 is 2. The van der Waals surface area contributed by atoms with Gasteiger partial charge in [0.1, 0.15) is 11.5 Å². The van der Waals surface area contributed by atoms with Crippen molar-refractivity contribution in [3.05, 3.63) is 83.0 Å². The Morgan fingerprint density at radius 1 is 0.875 bits per heavy atom. The van der Waals surface area contributed by atoms with Gasteiger partial charge in [-0.25, -0.2) is 0 Å². The lowest BCUT2D eigenvalue weighted by molar-refractivity contribution is -0.131. The zero-order chi connectivity index (χ0) is 23.1. The predicted molar refractivity (Wildman–Crippen MR) is 120 cm³/mol. The first-order chi connectivity index (χ1) is 15.4. The quantitative estimate of drug-likeness (QED) is 0.364. The average molecular weight is 434 g/mol. The van der Waals surface area contributed by atoms with Crippen molar-refractivity contribution in [3.8, 4) is 34.3 Å². The summed E-state index contributed by atoms with van der Waals surface area (Å²) in [4.78, 5) is 23.0. The molecule has 0 aliphatic rings. The molecule has 1 heterocycles. The van der Waals surface area contributed by atoms with Crippen molar-refractivity contribution in [2.24, 2.45) is 0 Å². The second kappa shape index (κ2) is 10.2. The summed E-state index contributed by atoms with van der Waals surface area (Å²) < 4.78 is 21.2. The summed E-state index contributed by atoms with van der Waals surface area (Å²) in [5, 5.41) is 9.29. The third-order valence-corrected chi connectivity index (χ3v) is 4.40. The number of hydrogen-bond acceptors (Lipinski definition) is 7. The van der Waals surface area contributed by atoms with Gasteiger partial charge < -0.3 is 23.7 Å². The molecule has 0 saturated heterocycles. The summed E-state index contributed by atoms with van der Waals surface area (Å²) in [5.74, 6) is 1.35. The number of fused-ring (bicyclic) bond motifs is 1. The summed E-state index contributed by atoms with van der Waals surface area (Å²) in [6, 6.07) is 20.5. The predicted octanol–water partition coefficient (Wildman–Crippen LogP) is 4.79. The molecule has 7 nitrogen and oxygen atoms in total. The first-order valence-electron chi connectivity index (χ1n) is 9.65. The van der Waals surface area contributed by atoms with Crippen molar-refractivity contribution in [3.63, 3.8) is 0 Å². The van der Waals surface area contributed by atoms with Gasteiger partial charge in [0.25, 0.3) is 0 Å². The number of rotatable bonds is 4. The number of phenolic OH excluding ortho intramolecular Hbond substituents is 1. The molecule has 0 radical (unpaired) electrons. The van der Waals surface area contributed by atoms with Crippen LogP contribution in [0.15, 0.2) is 82.0 Å². The standard InChI is InChI=1S/C17H14O4.C8H8O3/c1-19-13-10-6-9-12-14(18)17(20-2)15(21-16(12)13)11-7-4-3-5-8-11;1-6(9)11-8-4-2-7(10)3-5-8/h3-10H,1-2H3;2-5,10H,1H3. The Bertz CT molecular complexity index is 1260. The number of aromatic hydroxyl groups is 1. The molecule has 4 rings (SSSR count). The summed E-state index contributed by atoms with van der Waals surface area (Å²) in [6.45, 7) is 1.33. The highest BCUT2D eigenvalue weighted by Crippen LogP contribution is 2.33. The number of carbonyl (C=O) groups excluding carboxylic acids is 1.